The molecule has 1 amide bonds. The largest absolute Gasteiger partial charge is 0.452 e. The molecule has 122 valence electrons. The van der Waals surface area contributed by atoms with E-state index in [2.05, 4.69) is 15.9 Å². The molecule has 0 N–H and O–H groups in total. The second-order valence-electron chi connectivity index (χ2n) is 4.67. The average molecular weight is 408 g/mol. The number of ether oxygens (including phenoxy) is 1. The van der Waals surface area contributed by atoms with Gasteiger partial charge in [0.15, 0.2) is 6.61 Å². The number of anilines is 1. The molecule has 0 aliphatic carbocycles. The number of benzene rings is 2. The van der Waals surface area contributed by atoms with Crippen molar-refractivity contribution in [1.29, 1.82) is 5.26 Å². The van der Waals surface area contributed by atoms with Crippen LogP contribution in [-0.4, -0.2) is 25.0 Å². The molecule has 0 heterocycles. The Labute approximate surface area is 152 Å². The van der Waals surface area contributed by atoms with Gasteiger partial charge in [-0.2, -0.15) is 5.26 Å². The predicted octanol–water partition coefficient (Wildman–Crippen LogP) is 3.82. The Morgan fingerprint density at radius 2 is 1.92 bits per heavy atom. The predicted molar refractivity (Wildman–Crippen MR) is 93.8 cm³/mol. The number of hydrogen-bond donors (Lipinski definition) is 0. The maximum Gasteiger partial charge on any atom is 0.340 e. The molecule has 24 heavy (non-hydrogen) atoms. The summed E-state index contributed by atoms with van der Waals surface area (Å²) in [5.41, 5.74) is 0.714. The normalized spacial score (nSPS) is 9.88. The van der Waals surface area contributed by atoms with Gasteiger partial charge in [0, 0.05) is 10.2 Å². The number of hydrogen-bond acceptors (Lipinski definition) is 4. The van der Waals surface area contributed by atoms with Gasteiger partial charge in [-0.3, -0.25) is 9.69 Å². The van der Waals surface area contributed by atoms with Gasteiger partial charge in [-0.05, 0) is 30.3 Å². The Morgan fingerprint density at radius 3 is 2.58 bits per heavy atom. The number of esters is 1. The van der Waals surface area contributed by atoms with Crippen LogP contribution in [0.1, 0.15) is 10.4 Å². The molecule has 0 atom stereocenters. The van der Waals surface area contributed by atoms with E-state index in [0.717, 1.165) is 0 Å². The van der Waals surface area contributed by atoms with E-state index in [4.69, 9.17) is 21.6 Å². The van der Waals surface area contributed by atoms with E-state index in [0.29, 0.717) is 10.2 Å². The maximum atomic E-state index is 12.3. The smallest absolute Gasteiger partial charge is 0.340 e. The van der Waals surface area contributed by atoms with Gasteiger partial charge in [-0.25, -0.2) is 4.79 Å². The van der Waals surface area contributed by atoms with Crippen molar-refractivity contribution >= 4 is 45.1 Å². The molecule has 0 aliphatic rings. The summed E-state index contributed by atoms with van der Waals surface area (Å²) in [6.07, 6.45) is 0. The van der Waals surface area contributed by atoms with E-state index < -0.39 is 18.5 Å². The lowest BCUT2D eigenvalue weighted by Gasteiger charge is -2.19. The molecule has 0 spiro atoms. The van der Waals surface area contributed by atoms with E-state index in [-0.39, 0.29) is 17.1 Å². The Morgan fingerprint density at radius 1 is 1.21 bits per heavy atom. The lowest BCUT2D eigenvalue weighted by molar-refractivity contribution is -0.121. The number of carbonyl (C=O) groups excluding carboxylic acids is 2. The van der Waals surface area contributed by atoms with Crippen LogP contribution in [-0.2, 0) is 9.53 Å². The van der Waals surface area contributed by atoms with Crippen molar-refractivity contribution in [2.45, 2.75) is 0 Å². The third kappa shape index (κ3) is 4.57. The number of halogens is 2. The Bertz CT molecular complexity index is 790. The Kier molecular flexibility index (Phi) is 6.36. The van der Waals surface area contributed by atoms with E-state index in [1.54, 1.807) is 42.5 Å². The molecule has 0 saturated carbocycles. The second-order valence-corrected chi connectivity index (χ2v) is 6.00. The first kappa shape index (κ1) is 18.0. The number of para-hydroxylation sites is 1. The summed E-state index contributed by atoms with van der Waals surface area (Å²) >= 11 is 9.20. The molecule has 0 unspecified atom stereocenters. The molecule has 0 aliphatic heterocycles. The zero-order chi connectivity index (χ0) is 17.5. The fraction of sp³-hybridized carbons (Fsp3) is 0.118. The highest BCUT2D eigenvalue weighted by molar-refractivity contribution is 9.10. The summed E-state index contributed by atoms with van der Waals surface area (Å²) in [5.74, 6) is -1.21. The van der Waals surface area contributed by atoms with Crippen molar-refractivity contribution in [3.63, 3.8) is 0 Å². The zero-order valence-electron chi connectivity index (χ0n) is 12.4. The molecular formula is C17H12BrClN2O3. The van der Waals surface area contributed by atoms with Crippen LogP contribution in [0.5, 0.6) is 0 Å². The van der Waals surface area contributed by atoms with Crippen LogP contribution in [0.3, 0.4) is 0 Å². The highest BCUT2D eigenvalue weighted by Crippen LogP contribution is 2.22. The van der Waals surface area contributed by atoms with Crippen LogP contribution in [0.2, 0.25) is 5.02 Å². The molecular weight excluding hydrogens is 396 g/mol. The molecule has 0 radical (unpaired) electrons. The summed E-state index contributed by atoms with van der Waals surface area (Å²) in [7, 11) is 0. The molecule has 2 aromatic rings. The number of nitrogens with zero attached hydrogens (tertiary/aromatic N) is 2. The second kappa shape index (κ2) is 8.48. The van der Waals surface area contributed by atoms with Crippen molar-refractivity contribution in [1.82, 2.24) is 0 Å². The van der Waals surface area contributed by atoms with Gasteiger partial charge >= 0.3 is 5.97 Å². The van der Waals surface area contributed by atoms with Crippen LogP contribution in [0.25, 0.3) is 0 Å². The molecule has 0 fully saturated rings. The summed E-state index contributed by atoms with van der Waals surface area (Å²) in [6.45, 7) is -0.629. The molecule has 2 aromatic carbocycles. The first-order valence-electron chi connectivity index (χ1n) is 6.87. The van der Waals surface area contributed by atoms with Crippen molar-refractivity contribution in [3.8, 4) is 6.07 Å². The fourth-order valence-electron chi connectivity index (χ4n) is 1.94. The first-order valence-corrected chi connectivity index (χ1v) is 8.04. The molecule has 7 heteroatoms. The van der Waals surface area contributed by atoms with Gasteiger partial charge in [0.25, 0.3) is 5.91 Å². The summed E-state index contributed by atoms with van der Waals surface area (Å²) in [6, 6.07) is 15.4. The van der Waals surface area contributed by atoms with Gasteiger partial charge in [-0.15, -0.1) is 0 Å². The molecule has 0 aromatic heterocycles. The minimum Gasteiger partial charge on any atom is -0.452 e. The molecule has 2 rings (SSSR count). The van der Waals surface area contributed by atoms with Gasteiger partial charge in [0.1, 0.15) is 6.54 Å². The van der Waals surface area contributed by atoms with Crippen LogP contribution in [0.15, 0.2) is 53.0 Å². The summed E-state index contributed by atoms with van der Waals surface area (Å²) in [4.78, 5) is 25.6. The van der Waals surface area contributed by atoms with E-state index in [9.17, 15) is 9.59 Å². The highest BCUT2D eigenvalue weighted by atomic mass is 79.9. The van der Waals surface area contributed by atoms with Gasteiger partial charge in [0.2, 0.25) is 0 Å². The third-order valence-corrected chi connectivity index (χ3v) is 3.90. The van der Waals surface area contributed by atoms with E-state index in [1.165, 1.54) is 11.0 Å². The number of carbonyl (C=O) groups is 2. The lowest BCUT2D eigenvalue weighted by Crippen LogP contribution is -2.35. The summed E-state index contributed by atoms with van der Waals surface area (Å²) in [5, 5.41) is 9.12. The van der Waals surface area contributed by atoms with Crippen molar-refractivity contribution < 1.29 is 14.3 Å². The maximum absolute atomic E-state index is 12.3. The van der Waals surface area contributed by atoms with Gasteiger partial charge < -0.3 is 4.74 Å². The number of nitriles is 1. The quantitative estimate of drug-likeness (QED) is 0.558. The van der Waals surface area contributed by atoms with Crippen LogP contribution in [0.4, 0.5) is 5.69 Å². The van der Waals surface area contributed by atoms with Gasteiger partial charge in [0.05, 0.1) is 16.7 Å². The van der Waals surface area contributed by atoms with Crippen LogP contribution in [0, 0.1) is 11.3 Å². The number of amides is 1. The molecule has 5 nitrogen and oxygen atoms in total. The SMILES string of the molecule is N#CCN(C(=O)COC(=O)c1cc(Br)ccc1Cl)c1ccccc1. The van der Waals surface area contributed by atoms with Crippen LogP contribution < -0.4 is 4.90 Å². The van der Waals surface area contributed by atoms with Crippen molar-refractivity contribution in [2.75, 3.05) is 18.1 Å². The Hall–Kier alpha value is -2.36. The van der Waals surface area contributed by atoms with Gasteiger partial charge in [-0.1, -0.05) is 45.7 Å². The zero-order valence-corrected chi connectivity index (χ0v) is 14.8. The minimum absolute atomic E-state index is 0.141. The molecule has 0 bridgehead atoms. The third-order valence-electron chi connectivity index (χ3n) is 3.07. The first-order chi connectivity index (χ1) is 11.5. The number of rotatable bonds is 5. The van der Waals surface area contributed by atoms with Crippen LogP contribution >= 0.6 is 27.5 Å². The average Bonchev–Trinajstić information content (AvgIpc) is 2.60. The lowest BCUT2D eigenvalue weighted by atomic mass is 10.2. The summed E-state index contributed by atoms with van der Waals surface area (Å²) < 4.78 is 5.70. The highest BCUT2D eigenvalue weighted by Gasteiger charge is 2.19. The van der Waals surface area contributed by atoms with Crippen molar-refractivity contribution in [2.24, 2.45) is 0 Å². The van der Waals surface area contributed by atoms with Crippen molar-refractivity contribution in [3.05, 3.63) is 63.6 Å². The Balaban J connectivity index is 2.07. The minimum atomic E-state index is -0.709. The van der Waals surface area contributed by atoms with E-state index in [1.807, 2.05) is 6.07 Å². The van der Waals surface area contributed by atoms with E-state index >= 15 is 0 Å². The standard InChI is InChI=1S/C17H12BrClN2O3/c18-12-6-7-15(19)14(10-12)17(23)24-11-16(22)21(9-8-20)13-4-2-1-3-5-13/h1-7,10H,9,11H2. The molecule has 0 saturated heterocycles. The fourth-order valence-corrected chi connectivity index (χ4v) is 2.49. The topological polar surface area (TPSA) is 70.4 Å². The monoisotopic (exact) mass is 406 g/mol.